The number of benzene rings is 3. The molecule has 18 heteroatoms. The molecule has 3 fully saturated rings. The van der Waals surface area contributed by atoms with E-state index in [4.69, 9.17) is 25.2 Å². The predicted molar refractivity (Wildman–Crippen MR) is 258 cm³/mol. The first-order chi connectivity index (χ1) is 32.2. The number of rotatable bonds is 21. The van der Waals surface area contributed by atoms with Crippen LogP contribution in [-0.4, -0.2) is 109 Å². The summed E-state index contributed by atoms with van der Waals surface area (Å²) < 4.78 is 30.3. The number of amides is 2. The highest BCUT2D eigenvalue weighted by Gasteiger charge is 2.46. The van der Waals surface area contributed by atoms with Gasteiger partial charge < -0.3 is 45.9 Å². The lowest BCUT2D eigenvalue weighted by Crippen LogP contribution is -2.37. The van der Waals surface area contributed by atoms with E-state index in [0.29, 0.717) is 77.6 Å². The molecule has 3 aromatic carbocycles. The summed E-state index contributed by atoms with van der Waals surface area (Å²) in [6.45, 7) is 3.79. The van der Waals surface area contributed by atoms with E-state index in [0.717, 1.165) is 44.3 Å². The highest BCUT2D eigenvalue weighted by atomic mass is 32.2. The average molecular weight is 938 g/mol. The van der Waals surface area contributed by atoms with Crippen LogP contribution in [0.15, 0.2) is 96.2 Å². The number of hydrogen-bond donors (Lipinski definition) is 6. The molecule has 2 amide bonds. The summed E-state index contributed by atoms with van der Waals surface area (Å²) in [5.41, 5.74) is 7.26. The Morgan fingerprint density at radius 3 is 2.47 bits per heavy atom. The van der Waals surface area contributed by atoms with E-state index in [1.54, 1.807) is 0 Å². The summed E-state index contributed by atoms with van der Waals surface area (Å²) in [6.07, 6.45) is 3.64. The van der Waals surface area contributed by atoms with E-state index >= 15 is 4.57 Å². The number of carbonyl (C=O) groups excluding carboxylic acids is 2. The molecule has 5 aromatic rings. The van der Waals surface area contributed by atoms with Crippen LogP contribution in [0.2, 0.25) is 0 Å². The Morgan fingerprint density at radius 2 is 1.71 bits per heavy atom. The fourth-order valence-corrected chi connectivity index (χ4v) is 13.6. The normalized spacial score (nSPS) is 23.0. The summed E-state index contributed by atoms with van der Waals surface area (Å²) in [5.74, 6) is 1.82. The molecule has 7 N–H and O–H groups in total. The second kappa shape index (κ2) is 22.1. The molecule has 5 heterocycles. The van der Waals surface area contributed by atoms with E-state index in [9.17, 15) is 19.8 Å². The molecule has 66 heavy (non-hydrogen) atoms. The summed E-state index contributed by atoms with van der Waals surface area (Å²) >= 11 is 1.94. The number of aliphatic hydroxyl groups is 2. The van der Waals surface area contributed by atoms with Crippen molar-refractivity contribution in [3.63, 3.8) is 0 Å². The van der Waals surface area contributed by atoms with Crippen LogP contribution in [0.5, 0.6) is 0 Å². The monoisotopic (exact) mass is 937 g/mol. The van der Waals surface area contributed by atoms with Crippen molar-refractivity contribution >= 4 is 75.5 Å². The summed E-state index contributed by atoms with van der Waals surface area (Å²) in [7, 11) is -3.56. The van der Waals surface area contributed by atoms with Gasteiger partial charge >= 0.3 is 0 Å². The van der Waals surface area contributed by atoms with Gasteiger partial charge in [0, 0.05) is 70.4 Å². The van der Waals surface area contributed by atoms with Crippen molar-refractivity contribution in [3.8, 4) is 0 Å². The van der Waals surface area contributed by atoms with Gasteiger partial charge in [0.1, 0.15) is 24.6 Å². The molecule has 3 saturated heterocycles. The number of fused-ring (bicyclic) bond motifs is 2. The molecule has 350 valence electrons. The number of nitrogens with two attached hydrogens (primary N) is 1. The number of thioether (sulfide) groups is 1. The van der Waals surface area contributed by atoms with Gasteiger partial charge in [-0.3, -0.25) is 14.2 Å². The fraction of sp³-hybridized carbons (Fsp3) is 0.458. The number of aliphatic hydroxyl groups excluding tert-OH is 2. The standard InChI is InChI=1S/C48H60N9O7PS/c1-2-24-50-28-36-42(60)43(61)47(64-36)57-45-41(44(49)52-30-53-45)55-48(57)56-46(33-20-10-11-21-37(33)65(62,31-16-6-3-7-17-31)32-18-8-4-9-19-32)63-26-15-5-14-25-51-39(58)23-13-12-22-38-34-27-40(59)54-35(34)29-66-38/h3-4,6-11,16-21,30,34-36,38,42-43,47,50,60-61H,2,5,12-15,22-29H2,1H3,(H,51,58)(H,54,59)(H2,49,52,53)/t34-,35-,36+,38-,42-,43?,47+/m0/s1. The summed E-state index contributed by atoms with van der Waals surface area (Å²) in [5, 5.41) is 34.3. The minimum atomic E-state index is -3.56. The van der Waals surface area contributed by atoms with Gasteiger partial charge in [-0.25, -0.2) is 15.0 Å². The minimum absolute atomic E-state index is 0.0224. The second-order valence-corrected chi connectivity index (χ2v) is 21.1. The van der Waals surface area contributed by atoms with Gasteiger partial charge in [0.15, 0.2) is 30.4 Å². The zero-order chi connectivity index (χ0) is 46.0. The number of nitrogens with one attached hydrogen (secondary N) is 3. The first kappa shape index (κ1) is 47.3. The van der Waals surface area contributed by atoms with Crippen molar-refractivity contribution in [2.45, 2.75) is 101 Å². The molecule has 0 spiro atoms. The molecular formula is C48H60N9O7PS. The smallest absolute Gasteiger partial charge is 0.237 e. The van der Waals surface area contributed by atoms with Crippen LogP contribution in [0.25, 0.3) is 11.2 Å². The molecule has 3 aliphatic rings. The Bertz CT molecular complexity index is 2470. The first-order valence-electron chi connectivity index (χ1n) is 23.1. The van der Waals surface area contributed by atoms with Crippen LogP contribution >= 0.6 is 18.9 Å². The minimum Gasteiger partial charge on any atom is -0.477 e. The van der Waals surface area contributed by atoms with Crippen molar-refractivity contribution < 1.29 is 33.8 Å². The van der Waals surface area contributed by atoms with Crippen LogP contribution in [-0.2, 0) is 23.6 Å². The lowest BCUT2D eigenvalue weighted by atomic mass is 9.94. The number of imidazole rings is 1. The quantitative estimate of drug-likeness (QED) is 0.0263. The molecule has 0 radical (unpaired) electrons. The predicted octanol–water partition coefficient (Wildman–Crippen LogP) is 4.23. The molecule has 0 saturated carbocycles. The van der Waals surface area contributed by atoms with Gasteiger partial charge in [-0.1, -0.05) is 92.2 Å². The number of nitrogens with zero attached hydrogens (tertiary/aromatic N) is 5. The first-order valence-corrected chi connectivity index (χ1v) is 25.8. The van der Waals surface area contributed by atoms with E-state index in [2.05, 4.69) is 25.9 Å². The Balaban J connectivity index is 1.02. The van der Waals surface area contributed by atoms with Gasteiger partial charge in [0.2, 0.25) is 23.7 Å². The van der Waals surface area contributed by atoms with Gasteiger partial charge in [-0.05, 0) is 51.1 Å². The number of ether oxygens (including phenoxy) is 2. The van der Waals surface area contributed by atoms with Crippen LogP contribution in [0, 0.1) is 5.92 Å². The van der Waals surface area contributed by atoms with Crippen molar-refractivity contribution in [1.29, 1.82) is 0 Å². The molecule has 0 bridgehead atoms. The second-order valence-electron chi connectivity index (χ2n) is 17.1. The third-order valence-corrected chi connectivity index (χ3v) is 17.2. The highest BCUT2D eigenvalue weighted by Crippen LogP contribution is 2.44. The average Bonchev–Trinajstić information content (AvgIpc) is 4.08. The van der Waals surface area contributed by atoms with Crippen molar-refractivity contribution in [2.24, 2.45) is 10.9 Å². The maximum Gasteiger partial charge on any atom is 0.237 e. The molecule has 0 aliphatic carbocycles. The molecular weight excluding hydrogens is 878 g/mol. The van der Waals surface area contributed by atoms with Gasteiger partial charge in [0.25, 0.3) is 0 Å². The third-order valence-electron chi connectivity index (χ3n) is 12.5. The van der Waals surface area contributed by atoms with Gasteiger partial charge in [0.05, 0.1) is 6.61 Å². The molecule has 8 rings (SSSR count). The Hall–Kier alpha value is -5.16. The van der Waals surface area contributed by atoms with E-state index < -0.39 is 31.7 Å². The fourth-order valence-electron chi connectivity index (χ4n) is 9.11. The maximum absolute atomic E-state index is 15.9. The Morgan fingerprint density at radius 1 is 0.970 bits per heavy atom. The van der Waals surface area contributed by atoms with E-state index in [-0.39, 0.29) is 47.2 Å². The van der Waals surface area contributed by atoms with E-state index in [1.807, 2.05) is 104 Å². The summed E-state index contributed by atoms with van der Waals surface area (Å²) in [6, 6.07) is 26.3. The number of aliphatic imine (C=N–C) groups is 1. The number of hydrogen-bond acceptors (Lipinski definition) is 14. The van der Waals surface area contributed by atoms with Crippen molar-refractivity contribution in [2.75, 3.05) is 37.7 Å². The Kier molecular flexibility index (Phi) is 15.8. The Labute approximate surface area is 389 Å². The van der Waals surface area contributed by atoms with Crippen molar-refractivity contribution in [3.05, 3.63) is 96.8 Å². The third kappa shape index (κ3) is 10.5. The number of aromatic nitrogens is 4. The SMILES string of the molecule is CCCNC[C@H]1O[C@@H](n2c(N=C(OCCCCCNC(=O)CCCC[C@@H]3SC[C@@H]4NC(=O)C[C@@H]43)c3ccccc3P(=O)(c3ccccc3)c3ccccc3)nc3c(N)ncnc32)C(O)[C@H]1O. The number of unbranched alkanes of at least 4 members (excludes halogenated alkanes) is 3. The van der Waals surface area contributed by atoms with Crippen molar-refractivity contribution in [1.82, 2.24) is 35.5 Å². The lowest BCUT2D eigenvalue weighted by Gasteiger charge is -2.23. The number of nitrogen functional groups attached to an aromatic ring is 1. The lowest BCUT2D eigenvalue weighted by molar-refractivity contribution is -0.121. The van der Waals surface area contributed by atoms with E-state index in [1.165, 1.54) is 10.9 Å². The van der Waals surface area contributed by atoms with Gasteiger partial charge in [-0.15, -0.1) is 0 Å². The van der Waals surface area contributed by atoms with Crippen LogP contribution in [0.1, 0.15) is 76.5 Å². The zero-order valence-corrected chi connectivity index (χ0v) is 38.9. The van der Waals surface area contributed by atoms with Crippen LogP contribution in [0.3, 0.4) is 0 Å². The summed E-state index contributed by atoms with van der Waals surface area (Å²) in [4.78, 5) is 43.0. The molecule has 2 aromatic heterocycles. The molecule has 1 unspecified atom stereocenters. The molecule has 3 aliphatic heterocycles. The molecule has 7 atom stereocenters. The topological polar surface area (TPSA) is 228 Å². The van der Waals surface area contributed by atoms with Crippen LogP contribution in [0.4, 0.5) is 11.8 Å². The van der Waals surface area contributed by atoms with Gasteiger partial charge in [-0.2, -0.15) is 16.8 Å². The number of carbonyl (C=O) groups is 2. The zero-order valence-electron chi connectivity index (χ0n) is 37.2. The highest BCUT2D eigenvalue weighted by molar-refractivity contribution is 8.00. The maximum atomic E-state index is 15.9. The van der Waals surface area contributed by atoms with Crippen LogP contribution < -0.4 is 37.6 Å². The molecule has 16 nitrogen and oxygen atoms in total. The largest absolute Gasteiger partial charge is 0.477 e. The number of anilines is 1.